The molecule has 9 heteroatoms. The lowest BCUT2D eigenvalue weighted by Gasteiger charge is -2.16. The van der Waals surface area contributed by atoms with Gasteiger partial charge in [0.15, 0.2) is 5.82 Å². The molecule has 7 nitrogen and oxygen atoms in total. The largest absolute Gasteiger partial charge is 0.494 e. The van der Waals surface area contributed by atoms with Crippen LogP contribution in [0, 0.1) is 11.6 Å². The number of ether oxygens (including phenoxy) is 1. The smallest absolute Gasteiger partial charge is 0.223 e. The van der Waals surface area contributed by atoms with E-state index in [9.17, 15) is 13.6 Å². The van der Waals surface area contributed by atoms with Gasteiger partial charge in [-0.3, -0.25) is 9.78 Å². The van der Waals surface area contributed by atoms with E-state index in [4.69, 9.17) is 4.74 Å². The van der Waals surface area contributed by atoms with E-state index in [1.54, 1.807) is 44.7 Å². The molecule has 0 aliphatic rings. The minimum Gasteiger partial charge on any atom is -0.494 e. The number of fused-ring (bicyclic) bond motifs is 1. The number of benzene rings is 2. The van der Waals surface area contributed by atoms with Crippen molar-refractivity contribution in [2.45, 2.75) is 6.42 Å². The molecule has 2 aromatic carbocycles. The van der Waals surface area contributed by atoms with E-state index < -0.39 is 11.6 Å². The lowest BCUT2D eigenvalue weighted by Crippen LogP contribution is -2.24. The third kappa shape index (κ3) is 4.78. The Labute approximate surface area is 195 Å². The second-order valence-electron chi connectivity index (χ2n) is 7.80. The standard InChI is InChI=1S/C25H23F2N5O2/c1-32(2)22(33)8-10-29-25-19-11-16(18-13-17(26)6-7-20(18)27)12-21(34-3)23(19)30-24(31-25)15-5-4-9-28-14-15/h4-7,9,11-14H,8,10H2,1-3H3,(H,29,30,31). The van der Waals surface area contributed by atoms with Crippen molar-refractivity contribution in [3.05, 3.63) is 66.5 Å². The quantitative estimate of drug-likeness (QED) is 0.434. The number of anilines is 1. The Bertz CT molecular complexity index is 1350. The fourth-order valence-electron chi connectivity index (χ4n) is 3.50. The van der Waals surface area contributed by atoms with Crippen molar-refractivity contribution >= 4 is 22.6 Å². The SMILES string of the molecule is COc1cc(-c2cc(F)ccc2F)cc2c(NCCC(=O)N(C)C)nc(-c3cccnc3)nc12. The van der Waals surface area contributed by atoms with Crippen LogP contribution in [0.1, 0.15) is 6.42 Å². The van der Waals surface area contributed by atoms with Crippen LogP contribution in [-0.2, 0) is 4.79 Å². The van der Waals surface area contributed by atoms with Crippen molar-refractivity contribution in [3.8, 4) is 28.3 Å². The summed E-state index contributed by atoms with van der Waals surface area (Å²) in [6.07, 6.45) is 3.54. The highest BCUT2D eigenvalue weighted by Gasteiger charge is 2.17. The predicted molar refractivity (Wildman–Crippen MR) is 126 cm³/mol. The van der Waals surface area contributed by atoms with Crippen LogP contribution in [0.5, 0.6) is 5.75 Å². The topological polar surface area (TPSA) is 80.2 Å². The zero-order valence-corrected chi connectivity index (χ0v) is 19.0. The first-order valence-corrected chi connectivity index (χ1v) is 10.6. The summed E-state index contributed by atoms with van der Waals surface area (Å²) < 4.78 is 34.0. The highest BCUT2D eigenvalue weighted by atomic mass is 19.1. The number of carbonyl (C=O) groups is 1. The predicted octanol–water partition coefficient (Wildman–Crippen LogP) is 4.54. The first kappa shape index (κ1) is 23.0. The number of nitrogens with zero attached hydrogens (tertiary/aromatic N) is 4. The van der Waals surface area contributed by atoms with E-state index in [1.165, 1.54) is 12.0 Å². The van der Waals surface area contributed by atoms with Crippen LogP contribution in [-0.4, -0.2) is 53.5 Å². The summed E-state index contributed by atoms with van der Waals surface area (Å²) in [5.74, 6) is 0.0490. The maximum absolute atomic E-state index is 14.5. The first-order valence-electron chi connectivity index (χ1n) is 10.6. The van der Waals surface area contributed by atoms with Gasteiger partial charge in [-0.25, -0.2) is 18.7 Å². The number of methoxy groups -OCH3 is 1. The molecule has 2 heterocycles. The average molecular weight is 463 g/mol. The molecule has 2 aromatic heterocycles. The van der Waals surface area contributed by atoms with Gasteiger partial charge >= 0.3 is 0 Å². The molecule has 174 valence electrons. The third-order valence-electron chi connectivity index (χ3n) is 5.27. The summed E-state index contributed by atoms with van der Waals surface area (Å²) in [7, 11) is 4.86. The second-order valence-corrected chi connectivity index (χ2v) is 7.80. The molecule has 4 aromatic rings. The summed E-state index contributed by atoms with van der Waals surface area (Å²) in [5.41, 5.74) is 1.68. The van der Waals surface area contributed by atoms with Crippen molar-refractivity contribution < 1.29 is 18.3 Å². The Kier molecular flexibility index (Phi) is 6.62. The van der Waals surface area contributed by atoms with Crippen molar-refractivity contribution in [3.63, 3.8) is 0 Å². The number of nitrogens with one attached hydrogen (secondary N) is 1. The maximum atomic E-state index is 14.5. The summed E-state index contributed by atoms with van der Waals surface area (Å²) in [6.45, 7) is 0.316. The normalized spacial score (nSPS) is 10.9. The molecule has 0 unspecified atom stereocenters. The molecule has 0 aliphatic heterocycles. The van der Waals surface area contributed by atoms with Crippen LogP contribution < -0.4 is 10.1 Å². The van der Waals surface area contributed by atoms with E-state index in [1.807, 2.05) is 6.07 Å². The molecule has 0 spiro atoms. The molecular formula is C25H23F2N5O2. The van der Waals surface area contributed by atoms with Crippen molar-refractivity contribution in [1.29, 1.82) is 0 Å². The van der Waals surface area contributed by atoms with Gasteiger partial charge in [-0.05, 0) is 48.0 Å². The number of pyridine rings is 1. The van der Waals surface area contributed by atoms with Gasteiger partial charge in [0, 0.05) is 56.0 Å². The third-order valence-corrected chi connectivity index (χ3v) is 5.27. The molecule has 0 atom stereocenters. The number of halogens is 2. The molecule has 0 saturated heterocycles. The number of rotatable bonds is 7. The molecule has 1 N–H and O–H groups in total. The van der Waals surface area contributed by atoms with Crippen LogP contribution in [0.4, 0.5) is 14.6 Å². The maximum Gasteiger partial charge on any atom is 0.223 e. The van der Waals surface area contributed by atoms with Crippen molar-refractivity contribution in [2.75, 3.05) is 33.1 Å². The Balaban J connectivity index is 1.88. The fraction of sp³-hybridized carbons (Fsp3) is 0.200. The zero-order valence-electron chi connectivity index (χ0n) is 19.0. The summed E-state index contributed by atoms with van der Waals surface area (Å²) in [4.78, 5) is 27.0. The molecule has 1 amide bonds. The monoisotopic (exact) mass is 463 g/mol. The fourth-order valence-corrected chi connectivity index (χ4v) is 3.50. The van der Waals surface area contributed by atoms with Crippen molar-refractivity contribution in [1.82, 2.24) is 19.9 Å². The highest BCUT2D eigenvalue weighted by molar-refractivity contribution is 5.98. The average Bonchev–Trinajstić information content (AvgIpc) is 2.85. The van der Waals surface area contributed by atoms with Gasteiger partial charge in [-0.2, -0.15) is 0 Å². The van der Waals surface area contributed by atoms with Crippen LogP contribution in [0.3, 0.4) is 0 Å². The van der Waals surface area contributed by atoms with E-state index in [-0.39, 0.29) is 17.9 Å². The van der Waals surface area contributed by atoms with E-state index in [0.717, 1.165) is 18.2 Å². The zero-order chi connectivity index (χ0) is 24.2. The minimum absolute atomic E-state index is 0.0431. The van der Waals surface area contributed by atoms with E-state index in [0.29, 0.717) is 46.0 Å². The van der Waals surface area contributed by atoms with Gasteiger partial charge in [0.1, 0.15) is 28.7 Å². The van der Waals surface area contributed by atoms with Crippen LogP contribution in [0.15, 0.2) is 54.9 Å². The Morgan fingerprint density at radius 1 is 1.09 bits per heavy atom. The lowest BCUT2D eigenvalue weighted by molar-refractivity contribution is -0.128. The minimum atomic E-state index is -0.568. The van der Waals surface area contributed by atoms with E-state index in [2.05, 4.69) is 20.3 Å². The lowest BCUT2D eigenvalue weighted by atomic mass is 10.0. The Hall–Kier alpha value is -4.14. The molecule has 34 heavy (non-hydrogen) atoms. The van der Waals surface area contributed by atoms with Crippen LogP contribution in [0.2, 0.25) is 0 Å². The number of hydrogen-bond donors (Lipinski definition) is 1. The summed E-state index contributed by atoms with van der Waals surface area (Å²) >= 11 is 0. The molecule has 0 bridgehead atoms. The molecule has 0 saturated carbocycles. The van der Waals surface area contributed by atoms with E-state index >= 15 is 0 Å². The summed E-state index contributed by atoms with van der Waals surface area (Å²) in [6, 6.07) is 10.2. The van der Waals surface area contributed by atoms with Crippen molar-refractivity contribution in [2.24, 2.45) is 0 Å². The molecular weight excluding hydrogens is 440 g/mol. The van der Waals surface area contributed by atoms with Crippen LogP contribution >= 0.6 is 0 Å². The number of aromatic nitrogens is 3. The number of carbonyl (C=O) groups excluding carboxylic acids is 1. The number of hydrogen-bond acceptors (Lipinski definition) is 6. The molecule has 4 rings (SSSR count). The number of amides is 1. The van der Waals surface area contributed by atoms with Gasteiger partial charge in [0.05, 0.1) is 7.11 Å². The van der Waals surface area contributed by atoms with Gasteiger partial charge in [0.25, 0.3) is 0 Å². The highest BCUT2D eigenvalue weighted by Crippen LogP contribution is 2.36. The first-order chi connectivity index (χ1) is 16.4. The van der Waals surface area contributed by atoms with Gasteiger partial charge in [-0.15, -0.1) is 0 Å². The Morgan fingerprint density at radius 2 is 1.91 bits per heavy atom. The molecule has 0 aliphatic carbocycles. The molecule has 0 radical (unpaired) electrons. The Morgan fingerprint density at radius 3 is 2.62 bits per heavy atom. The van der Waals surface area contributed by atoms with Crippen LogP contribution in [0.25, 0.3) is 33.4 Å². The second kappa shape index (κ2) is 9.78. The summed E-state index contributed by atoms with van der Waals surface area (Å²) in [5, 5.41) is 3.74. The van der Waals surface area contributed by atoms with Gasteiger partial charge < -0.3 is 15.0 Å². The van der Waals surface area contributed by atoms with Gasteiger partial charge in [-0.1, -0.05) is 0 Å². The molecule has 0 fully saturated rings. The van der Waals surface area contributed by atoms with Gasteiger partial charge in [0.2, 0.25) is 5.91 Å².